The molecular formula is C17H21ClN2O4. The van der Waals surface area contributed by atoms with Crippen LogP contribution >= 0.6 is 11.6 Å². The van der Waals surface area contributed by atoms with E-state index >= 15 is 0 Å². The van der Waals surface area contributed by atoms with Gasteiger partial charge in [-0.3, -0.25) is 14.5 Å². The Kier molecular flexibility index (Phi) is 5.83. The summed E-state index contributed by atoms with van der Waals surface area (Å²) in [6, 6.07) is 6.32. The van der Waals surface area contributed by atoms with Crippen LogP contribution in [-0.2, 0) is 20.9 Å². The van der Waals surface area contributed by atoms with Crippen LogP contribution in [0.15, 0.2) is 24.3 Å². The fourth-order valence-corrected chi connectivity index (χ4v) is 2.64. The van der Waals surface area contributed by atoms with E-state index in [0.29, 0.717) is 11.4 Å². The lowest BCUT2D eigenvalue weighted by Gasteiger charge is -2.21. The van der Waals surface area contributed by atoms with Crippen LogP contribution in [0, 0.1) is 0 Å². The number of nitrogens with zero attached hydrogens (tertiary/aromatic N) is 1. The van der Waals surface area contributed by atoms with E-state index in [1.807, 2.05) is 6.92 Å². The third kappa shape index (κ3) is 4.26. The number of carbonyl (C=O) groups is 3. The summed E-state index contributed by atoms with van der Waals surface area (Å²) in [5, 5.41) is 3.26. The maximum Gasteiger partial charge on any atom is 0.326 e. The van der Waals surface area contributed by atoms with Crippen LogP contribution in [0.2, 0.25) is 5.02 Å². The topological polar surface area (TPSA) is 75.7 Å². The largest absolute Gasteiger partial charge is 0.459 e. The standard InChI is InChI=1S/C17H21ClN2O4/c1-3-4-9-17(2)15(22)20(16(23)19-17)10-14(21)24-11-12-5-7-13(18)8-6-12/h5-8H,3-4,9-11H2,1-2H3,(H,19,23)/t17-/m1/s1. The van der Waals surface area contributed by atoms with Gasteiger partial charge >= 0.3 is 12.0 Å². The zero-order valence-corrected chi connectivity index (χ0v) is 14.6. The predicted molar refractivity (Wildman–Crippen MR) is 89.4 cm³/mol. The first-order chi connectivity index (χ1) is 11.4. The second kappa shape index (κ2) is 7.66. The molecule has 0 spiro atoms. The average molecular weight is 353 g/mol. The van der Waals surface area contributed by atoms with Crippen LogP contribution in [0.4, 0.5) is 4.79 Å². The molecule has 0 aliphatic carbocycles. The lowest BCUT2D eigenvalue weighted by molar-refractivity contribution is -0.148. The van der Waals surface area contributed by atoms with Crippen molar-refractivity contribution in [2.75, 3.05) is 6.54 Å². The molecule has 1 aliphatic heterocycles. The van der Waals surface area contributed by atoms with Crippen LogP contribution in [0.3, 0.4) is 0 Å². The van der Waals surface area contributed by atoms with E-state index < -0.39 is 17.5 Å². The van der Waals surface area contributed by atoms with Crippen LogP contribution in [0.1, 0.15) is 38.7 Å². The third-order valence-electron chi connectivity index (χ3n) is 3.98. The van der Waals surface area contributed by atoms with Gasteiger partial charge in [-0.15, -0.1) is 0 Å². The smallest absolute Gasteiger partial charge is 0.326 e. The van der Waals surface area contributed by atoms with E-state index in [-0.39, 0.29) is 19.1 Å². The monoisotopic (exact) mass is 352 g/mol. The minimum absolute atomic E-state index is 0.0623. The molecule has 3 amide bonds. The van der Waals surface area contributed by atoms with Gasteiger partial charge in [0.05, 0.1) is 0 Å². The molecule has 1 aromatic rings. The first-order valence-corrected chi connectivity index (χ1v) is 8.27. The second-order valence-electron chi connectivity index (χ2n) is 6.04. The van der Waals surface area contributed by atoms with Gasteiger partial charge in [-0.1, -0.05) is 43.5 Å². The van der Waals surface area contributed by atoms with Gasteiger partial charge in [0.25, 0.3) is 5.91 Å². The molecule has 1 heterocycles. The summed E-state index contributed by atoms with van der Waals surface area (Å²) in [5.41, 5.74) is -0.165. The number of nitrogens with one attached hydrogen (secondary N) is 1. The molecule has 130 valence electrons. The van der Waals surface area contributed by atoms with E-state index in [9.17, 15) is 14.4 Å². The number of rotatable bonds is 7. The molecule has 1 aromatic carbocycles. The SMILES string of the molecule is CCCC[C@@]1(C)NC(=O)N(CC(=O)OCc2ccc(Cl)cc2)C1=O. The molecule has 2 rings (SSSR count). The summed E-state index contributed by atoms with van der Waals surface area (Å²) < 4.78 is 5.12. The Morgan fingerprint density at radius 2 is 1.96 bits per heavy atom. The summed E-state index contributed by atoms with van der Waals surface area (Å²) in [6.07, 6.45) is 2.28. The number of benzene rings is 1. The zero-order chi connectivity index (χ0) is 17.7. The Balaban J connectivity index is 1.90. The van der Waals surface area contributed by atoms with Crippen molar-refractivity contribution in [1.29, 1.82) is 0 Å². The number of esters is 1. The van der Waals surface area contributed by atoms with Crippen LogP contribution < -0.4 is 5.32 Å². The fourth-order valence-electron chi connectivity index (χ4n) is 2.51. The Bertz CT molecular complexity index is 632. The van der Waals surface area contributed by atoms with Crippen molar-refractivity contribution in [3.05, 3.63) is 34.9 Å². The fraction of sp³-hybridized carbons (Fsp3) is 0.471. The highest BCUT2D eigenvalue weighted by Crippen LogP contribution is 2.23. The predicted octanol–water partition coefficient (Wildman–Crippen LogP) is 2.88. The van der Waals surface area contributed by atoms with Crippen molar-refractivity contribution in [3.63, 3.8) is 0 Å². The molecule has 1 N–H and O–H groups in total. The Morgan fingerprint density at radius 1 is 1.29 bits per heavy atom. The van der Waals surface area contributed by atoms with Gasteiger partial charge in [-0.05, 0) is 31.0 Å². The molecule has 7 heteroatoms. The number of ether oxygens (including phenoxy) is 1. The molecule has 1 atom stereocenters. The Labute approximate surface area is 146 Å². The normalized spacial score (nSPS) is 20.2. The highest BCUT2D eigenvalue weighted by Gasteiger charge is 2.47. The molecule has 0 saturated carbocycles. The van der Waals surface area contributed by atoms with Crippen molar-refractivity contribution in [2.45, 2.75) is 45.3 Å². The molecule has 0 bridgehead atoms. The quantitative estimate of drug-likeness (QED) is 0.604. The lowest BCUT2D eigenvalue weighted by atomic mass is 9.95. The molecule has 6 nitrogen and oxygen atoms in total. The molecule has 1 fully saturated rings. The lowest BCUT2D eigenvalue weighted by Crippen LogP contribution is -2.44. The number of amides is 3. The van der Waals surface area contributed by atoms with Crippen molar-refractivity contribution in [3.8, 4) is 0 Å². The van der Waals surface area contributed by atoms with Gasteiger partial charge in [0, 0.05) is 5.02 Å². The van der Waals surface area contributed by atoms with Gasteiger partial charge < -0.3 is 10.1 Å². The van der Waals surface area contributed by atoms with E-state index in [1.54, 1.807) is 31.2 Å². The summed E-state index contributed by atoms with van der Waals surface area (Å²) >= 11 is 5.79. The Hall–Kier alpha value is -2.08. The molecular weight excluding hydrogens is 332 g/mol. The molecule has 0 unspecified atom stereocenters. The maximum absolute atomic E-state index is 12.4. The molecule has 1 aliphatic rings. The first kappa shape index (κ1) is 18.3. The number of urea groups is 1. The Morgan fingerprint density at radius 3 is 2.58 bits per heavy atom. The minimum atomic E-state index is -0.941. The number of carbonyl (C=O) groups excluding carboxylic acids is 3. The van der Waals surface area contributed by atoms with E-state index in [0.717, 1.165) is 23.3 Å². The second-order valence-corrected chi connectivity index (χ2v) is 6.48. The number of hydrogen-bond donors (Lipinski definition) is 1. The van der Waals surface area contributed by atoms with Crippen molar-refractivity contribution >= 4 is 29.5 Å². The van der Waals surface area contributed by atoms with Crippen molar-refractivity contribution < 1.29 is 19.1 Å². The van der Waals surface area contributed by atoms with Gasteiger partial charge in [0.2, 0.25) is 0 Å². The number of halogens is 1. The minimum Gasteiger partial charge on any atom is -0.459 e. The maximum atomic E-state index is 12.4. The number of unbranched alkanes of at least 4 members (excludes halogenated alkanes) is 1. The summed E-state index contributed by atoms with van der Waals surface area (Å²) in [4.78, 5) is 37.2. The summed E-state index contributed by atoms with van der Waals surface area (Å²) in [7, 11) is 0. The van der Waals surface area contributed by atoms with Crippen molar-refractivity contribution in [1.82, 2.24) is 10.2 Å². The van der Waals surface area contributed by atoms with Crippen LogP contribution in [-0.4, -0.2) is 34.9 Å². The van der Waals surface area contributed by atoms with E-state index in [2.05, 4.69) is 5.32 Å². The van der Waals surface area contributed by atoms with Gasteiger partial charge in [0.1, 0.15) is 18.7 Å². The summed E-state index contributed by atoms with van der Waals surface area (Å²) in [5.74, 6) is -1.02. The highest BCUT2D eigenvalue weighted by molar-refractivity contribution is 6.30. The third-order valence-corrected chi connectivity index (χ3v) is 4.23. The summed E-state index contributed by atoms with van der Waals surface area (Å²) in [6.45, 7) is 3.37. The zero-order valence-electron chi connectivity index (χ0n) is 13.8. The average Bonchev–Trinajstić information content (AvgIpc) is 2.76. The highest BCUT2D eigenvalue weighted by atomic mass is 35.5. The van der Waals surface area contributed by atoms with Crippen LogP contribution in [0.5, 0.6) is 0 Å². The van der Waals surface area contributed by atoms with E-state index in [4.69, 9.17) is 16.3 Å². The first-order valence-electron chi connectivity index (χ1n) is 7.90. The van der Waals surface area contributed by atoms with E-state index in [1.165, 1.54) is 0 Å². The molecule has 24 heavy (non-hydrogen) atoms. The molecule has 0 radical (unpaired) electrons. The van der Waals surface area contributed by atoms with Crippen molar-refractivity contribution in [2.24, 2.45) is 0 Å². The number of hydrogen-bond acceptors (Lipinski definition) is 4. The van der Waals surface area contributed by atoms with Gasteiger partial charge in [-0.25, -0.2) is 4.79 Å². The van der Waals surface area contributed by atoms with Gasteiger partial charge in [-0.2, -0.15) is 0 Å². The van der Waals surface area contributed by atoms with Gasteiger partial charge in [0.15, 0.2) is 0 Å². The molecule has 1 saturated heterocycles. The van der Waals surface area contributed by atoms with Crippen LogP contribution in [0.25, 0.3) is 0 Å². The molecule has 0 aromatic heterocycles. The number of imide groups is 1.